The van der Waals surface area contributed by atoms with Crippen LogP contribution >= 0.6 is 0 Å². The molecule has 58 valence electrons. The van der Waals surface area contributed by atoms with E-state index in [9.17, 15) is 0 Å². The molecule has 0 saturated carbocycles. The zero-order chi connectivity index (χ0) is 7.70. The lowest BCUT2D eigenvalue weighted by Crippen LogP contribution is -2.17. The molecule has 0 heterocycles. The molecule has 0 fully saturated rings. The maximum Gasteiger partial charge on any atom is 0.0659 e. The molecule has 0 aliphatic rings. The Bertz CT molecular complexity index is 38.0. The van der Waals surface area contributed by atoms with Crippen LogP contribution in [0, 0.1) is 0 Å². The predicted molar refractivity (Wildman–Crippen MR) is 38.1 cm³/mol. The standard InChI is InChI=1S/C4H11NO.C2H6O/c1-2-4(6)3-5;1-2-3/h4,6H,2-3,5H2,1H3;3H,2H2,1H3. The summed E-state index contributed by atoms with van der Waals surface area (Å²) in [5, 5.41) is 16.1. The minimum atomic E-state index is -0.287. The van der Waals surface area contributed by atoms with Gasteiger partial charge >= 0.3 is 0 Å². The fraction of sp³-hybridized carbons (Fsp3) is 1.00. The van der Waals surface area contributed by atoms with Gasteiger partial charge in [-0.15, -0.1) is 0 Å². The lowest BCUT2D eigenvalue weighted by Gasteiger charge is -1.98. The molecule has 0 aliphatic carbocycles. The average Bonchev–Trinajstić information content (AvgIpc) is 1.88. The summed E-state index contributed by atoms with van der Waals surface area (Å²) in [4.78, 5) is 0. The Morgan fingerprint density at radius 2 is 1.78 bits per heavy atom. The second-order valence-electron chi connectivity index (χ2n) is 1.61. The first-order valence-electron chi connectivity index (χ1n) is 3.21. The average molecular weight is 135 g/mol. The summed E-state index contributed by atoms with van der Waals surface area (Å²) in [5.41, 5.74) is 5.03. The minimum Gasteiger partial charge on any atom is -0.397 e. The highest BCUT2D eigenvalue weighted by molar-refractivity contribution is 4.48. The Kier molecular flexibility index (Phi) is 14.0. The third-order valence-corrected chi connectivity index (χ3v) is 0.743. The zero-order valence-electron chi connectivity index (χ0n) is 6.17. The molecule has 1 unspecified atom stereocenters. The zero-order valence-corrected chi connectivity index (χ0v) is 6.17. The van der Waals surface area contributed by atoms with Gasteiger partial charge in [0.15, 0.2) is 0 Å². The van der Waals surface area contributed by atoms with E-state index in [-0.39, 0.29) is 12.7 Å². The van der Waals surface area contributed by atoms with Gasteiger partial charge in [0.1, 0.15) is 0 Å². The van der Waals surface area contributed by atoms with Crippen LogP contribution in [0.3, 0.4) is 0 Å². The molecule has 0 aromatic carbocycles. The number of rotatable bonds is 2. The first-order chi connectivity index (χ1) is 4.22. The molecule has 0 aromatic heterocycles. The fourth-order valence-electron chi connectivity index (χ4n) is 0.167. The second kappa shape index (κ2) is 10.8. The molecule has 0 rings (SSSR count). The summed E-state index contributed by atoms with van der Waals surface area (Å²) in [5.74, 6) is 0. The molecule has 3 heteroatoms. The molecule has 0 aliphatic heterocycles. The van der Waals surface area contributed by atoms with Gasteiger partial charge in [0.2, 0.25) is 0 Å². The van der Waals surface area contributed by atoms with E-state index in [1.807, 2.05) is 6.92 Å². The highest BCUT2D eigenvalue weighted by Crippen LogP contribution is 1.81. The van der Waals surface area contributed by atoms with Crippen LogP contribution in [0.15, 0.2) is 0 Å². The molecule has 0 spiro atoms. The first kappa shape index (κ1) is 11.6. The van der Waals surface area contributed by atoms with Crippen molar-refractivity contribution in [3.05, 3.63) is 0 Å². The van der Waals surface area contributed by atoms with Crippen molar-refractivity contribution in [2.24, 2.45) is 5.73 Å². The molecule has 4 N–H and O–H groups in total. The molecule has 3 nitrogen and oxygen atoms in total. The summed E-state index contributed by atoms with van der Waals surface area (Å²) < 4.78 is 0. The van der Waals surface area contributed by atoms with Crippen molar-refractivity contribution < 1.29 is 10.2 Å². The van der Waals surface area contributed by atoms with Gasteiger partial charge in [-0.1, -0.05) is 6.92 Å². The quantitative estimate of drug-likeness (QED) is 0.487. The normalized spacial score (nSPS) is 11.7. The largest absolute Gasteiger partial charge is 0.397 e. The van der Waals surface area contributed by atoms with Crippen molar-refractivity contribution >= 4 is 0 Å². The van der Waals surface area contributed by atoms with Crippen molar-refractivity contribution in [1.29, 1.82) is 0 Å². The van der Waals surface area contributed by atoms with E-state index in [1.54, 1.807) is 6.92 Å². The van der Waals surface area contributed by atoms with E-state index < -0.39 is 0 Å². The van der Waals surface area contributed by atoms with Crippen LogP contribution in [0.1, 0.15) is 20.3 Å². The van der Waals surface area contributed by atoms with Crippen molar-refractivity contribution in [3.8, 4) is 0 Å². The van der Waals surface area contributed by atoms with E-state index in [1.165, 1.54) is 0 Å². The monoisotopic (exact) mass is 135 g/mol. The van der Waals surface area contributed by atoms with Crippen LogP contribution in [0.2, 0.25) is 0 Å². The SMILES string of the molecule is CCC(O)CN.CCO. The van der Waals surface area contributed by atoms with Gasteiger partial charge in [-0.2, -0.15) is 0 Å². The minimum absolute atomic E-state index is 0.250. The smallest absolute Gasteiger partial charge is 0.0659 e. The Morgan fingerprint density at radius 1 is 1.44 bits per heavy atom. The van der Waals surface area contributed by atoms with E-state index in [0.717, 1.165) is 6.42 Å². The maximum atomic E-state index is 8.54. The number of hydrogen-bond acceptors (Lipinski definition) is 3. The Morgan fingerprint density at radius 3 is 1.78 bits per heavy atom. The Balaban J connectivity index is 0. The summed E-state index contributed by atoms with van der Waals surface area (Å²) in [6, 6.07) is 0. The van der Waals surface area contributed by atoms with Gasteiger partial charge in [-0.25, -0.2) is 0 Å². The Hall–Kier alpha value is -0.120. The number of aliphatic hydroxyl groups is 2. The van der Waals surface area contributed by atoms with Crippen LogP contribution in [0.5, 0.6) is 0 Å². The number of aliphatic hydroxyl groups excluding tert-OH is 2. The maximum absolute atomic E-state index is 8.54. The summed E-state index contributed by atoms with van der Waals surface area (Å²) in [6.07, 6.45) is 0.473. The highest BCUT2D eigenvalue weighted by atomic mass is 16.3. The molecule has 1 atom stereocenters. The van der Waals surface area contributed by atoms with Crippen LogP contribution in [0.4, 0.5) is 0 Å². The second-order valence-corrected chi connectivity index (χ2v) is 1.61. The molecular weight excluding hydrogens is 118 g/mol. The van der Waals surface area contributed by atoms with Gasteiger partial charge in [0.25, 0.3) is 0 Å². The molecule has 0 amide bonds. The van der Waals surface area contributed by atoms with E-state index >= 15 is 0 Å². The predicted octanol–water partition coefficient (Wildman–Crippen LogP) is -0.285. The first-order valence-corrected chi connectivity index (χ1v) is 3.21. The third kappa shape index (κ3) is 18.1. The number of nitrogens with two attached hydrogens (primary N) is 1. The molecule has 0 aromatic rings. The fourth-order valence-corrected chi connectivity index (χ4v) is 0.167. The van der Waals surface area contributed by atoms with Gasteiger partial charge in [0, 0.05) is 13.2 Å². The van der Waals surface area contributed by atoms with Crippen molar-refractivity contribution in [3.63, 3.8) is 0 Å². The molecule has 9 heavy (non-hydrogen) atoms. The third-order valence-electron chi connectivity index (χ3n) is 0.743. The summed E-state index contributed by atoms with van der Waals surface area (Å²) in [7, 11) is 0. The van der Waals surface area contributed by atoms with Crippen molar-refractivity contribution in [1.82, 2.24) is 0 Å². The van der Waals surface area contributed by atoms with E-state index in [0.29, 0.717) is 6.54 Å². The van der Waals surface area contributed by atoms with E-state index in [4.69, 9.17) is 15.9 Å². The molecular formula is C6H17NO2. The molecule has 0 saturated heterocycles. The number of hydrogen-bond donors (Lipinski definition) is 3. The van der Waals surface area contributed by atoms with Crippen LogP contribution in [-0.2, 0) is 0 Å². The van der Waals surface area contributed by atoms with Crippen LogP contribution in [0.25, 0.3) is 0 Å². The Labute approximate surface area is 56.5 Å². The van der Waals surface area contributed by atoms with Gasteiger partial charge in [0.05, 0.1) is 6.10 Å². The van der Waals surface area contributed by atoms with Crippen LogP contribution < -0.4 is 5.73 Å². The summed E-state index contributed by atoms with van der Waals surface area (Å²) >= 11 is 0. The molecule has 0 radical (unpaired) electrons. The van der Waals surface area contributed by atoms with Crippen molar-refractivity contribution in [2.75, 3.05) is 13.2 Å². The van der Waals surface area contributed by atoms with Gasteiger partial charge < -0.3 is 15.9 Å². The summed E-state index contributed by atoms with van der Waals surface area (Å²) in [6.45, 7) is 4.22. The lowest BCUT2D eigenvalue weighted by atomic mass is 10.3. The van der Waals surface area contributed by atoms with Gasteiger partial charge in [-0.05, 0) is 13.3 Å². The van der Waals surface area contributed by atoms with Crippen LogP contribution in [-0.4, -0.2) is 29.5 Å². The molecule has 0 bridgehead atoms. The lowest BCUT2D eigenvalue weighted by molar-refractivity contribution is 0.179. The van der Waals surface area contributed by atoms with Gasteiger partial charge in [-0.3, -0.25) is 0 Å². The topological polar surface area (TPSA) is 66.5 Å². The van der Waals surface area contributed by atoms with Crippen molar-refractivity contribution in [2.45, 2.75) is 26.4 Å². The highest BCUT2D eigenvalue weighted by Gasteiger charge is 1.90. The van der Waals surface area contributed by atoms with E-state index in [2.05, 4.69) is 0 Å².